The molecule has 0 atom stereocenters. The molecule has 6 rings (SSSR count). The van der Waals surface area contributed by atoms with Crippen LogP contribution >= 0.6 is 11.3 Å². The van der Waals surface area contributed by atoms with Gasteiger partial charge in [0.15, 0.2) is 0 Å². The van der Waals surface area contributed by atoms with Gasteiger partial charge >= 0.3 is 0 Å². The Morgan fingerprint density at radius 3 is 2.44 bits per heavy atom. The minimum Gasteiger partial charge on any atom is -0.350 e. The molecule has 0 saturated carbocycles. The number of thiazole rings is 1. The van der Waals surface area contributed by atoms with Crippen molar-refractivity contribution in [2.45, 2.75) is 83.3 Å². The lowest BCUT2D eigenvalue weighted by Gasteiger charge is -2.44. The van der Waals surface area contributed by atoms with E-state index in [1.54, 1.807) is 11.3 Å². The summed E-state index contributed by atoms with van der Waals surface area (Å²) in [4.78, 5) is 65.6. The molecular weight excluding hydrogens is 564 g/mol. The average Bonchev–Trinajstić information content (AvgIpc) is 3.35. The molecule has 10 nitrogen and oxygen atoms in total. The monoisotopic (exact) mass is 608 g/mol. The number of fused-ring (bicyclic) bond motifs is 8. The number of hydrogen-bond acceptors (Lipinski definition) is 7. The summed E-state index contributed by atoms with van der Waals surface area (Å²) in [6.07, 6.45) is 3.00. The first-order chi connectivity index (χ1) is 20.6. The molecule has 232 valence electrons. The lowest BCUT2D eigenvalue weighted by atomic mass is 9.83. The molecule has 2 aromatic rings. The van der Waals surface area contributed by atoms with Gasteiger partial charge in [0, 0.05) is 49.6 Å². The zero-order valence-corrected chi connectivity index (χ0v) is 26.4. The molecule has 1 aromatic heterocycles. The van der Waals surface area contributed by atoms with Crippen molar-refractivity contribution in [1.82, 2.24) is 30.3 Å². The van der Waals surface area contributed by atoms with Crippen LogP contribution in [0.1, 0.15) is 73.0 Å². The molecule has 4 aliphatic rings. The first-order valence-electron chi connectivity index (χ1n) is 15.5. The Hall–Kier alpha value is -3.31. The number of aryl methyl sites for hydroxylation is 1. The molecule has 2 N–H and O–H groups in total. The molecule has 0 unspecified atom stereocenters. The predicted octanol–water partition coefficient (Wildman–Crippen LogP) is 2.61. The Balaban J connectivity index is 1.39. The van der Waals surface area contributed by atoms with Crippen molar-refractivity contribution in [2.24, 2.45) is 0 Å². The van der Waals surface area contributed by atoms with Crippen LogP contribution in [0.15, 0.2) is 30.3 Å². The predicted molar refractivity (Wildman–Crippen MR) is 165 cm³/mol. The highest BCUT2D eigenvalue weighted by atomic mass is 32.1. The maximum absolute atomic E-state index is 14.0. The van der Waals surface area contributed by atoms with Crippen LogP contribution < -0.4 is 10.6 Å². The van der Waals surface area contributed by atoms with Crippen LogP contribution in [0.4, 0.5) is 0 Å². The van der Waals surface area contributed by atoms with E-state index in [-0.39, 0.29) is 55.5 Å². The molecule has 5 heterocycles. The molecule has 43 heavy (non-hydrogen) atoms. The van der Waals surface area contributed by atoms with Gasteiger partial charge in [-0.3, -0.25) is 19.2 Å². The molecule has 2 saturated heterocycles. The Labute approximate surface area is 258 Å². The smallest absolute Gasteiger partial charge is 0.242 e. The summed E-state index contributed by atoms with van der Waals surface area (Å²) in [6.45, 7) is 8.92. The summed E-state index contributed by atoms with van der Waals surface area (Å²) >= 11 is 1.65. The largest absolute Gasteiger partial charge is 0.350 e. The summed E-state index contributed by atoms with van der Waals surface area (Å²) in [5, 5.41) is 7.18. The standard InChI is InChI=1S/C32H44N6O4S/c1-22(2)36-15-11-32(12-16-36)18-29(41)38(20-28(40)33-19-24-7-5-4-6-8-24)21-30(42)37-13-9-25(10-14-37)31-34-26(23(3)43-31)17-27(39)35-32/h4-8,22,25H,9-21H2,1-3H3,(H,33,40)(H,35,39). The van der Waals surface area contributed by atoms with E-state index in [9.17, 15) is 19.2 Å². The number of likely N-dealkylation sites (tertiary alicyclic amines) is 1. The van der Waals surface area contributed by atoms with Crippen molar-refractivity contribution in [3.63, 3.8) is 0 Å². The number of carbonyl (C=O) groups is 4. The molecule has 0 radical (unpaired) electrons. The zero-order valence-electron chi connectivity index (χ0n) is 25.6. The lowest BCUT2D eigenvalue weighted by Crippen LogP contribution is -2.59. The fourth-order valence-electron chi connectivity index (χ4n) is 6.39. The number of nitrogens with zero attached hydrogens (tertiary/aromatic N) is 4. The quantitative estimate of drug-likeness (QED) is 0.540. The Morgan fingerprint density at radius 2 is 1.77 bits per heavy atom. The van der Waals surface area contributed by atoms with Crippen molar-refractivity contribution in [3.8, 4) is 0 Å². The molecule has 4 bridgehead atoms. The van der Waals surface area contributed by atoms with Crippen LogP contribution in [-0.4, -0.2) is 94.2 Å². The number of carbonyl (C=O) groups excluding carboxylic acids is 4. The second-order valence-corrected chi connectivity index (χ2v) is 13.8. The van der Waals surface area contributed by atoms with Crippen LogP contribution in [0.25, 0.3) is 0 Å². The van der Waals surface area contributed by atoms with Crippen LogP contribution in [-0.2, 0) is 32.1 Å². The summed E-state index contributed by atoms with van der Waals surface area (Å²) in [5.74, 6) is -0.671. The van der Waals surface area contributed by atoms with E-state index in [0.717, 1.165) is 47.1 Å². The van der Waals surface area contributed by atoms with Gasteiger partial charge in [0.25, 0.3) is 0 Å². The topological polar surface area (TPSA) is 115 Å². The molecule has 4 amide bonds. The molecular formula is C32H44N6O4S. The van der Waals surface area contributed by atoms with Gasteiger partial charge in [-0.15, -0.1) is 11.3 Å². The Bertz CT molecular complexity index is 1310. The molecule has 1 aromatic carbocycles. The number of benzene rings is 1. The second-order valence-electron chi connectivity index (χ2n) is 12.5. The van der Waals surface area contributed by atoms with Gasteiger partial charge in [0.2, 0.25) is 23.6 Å². The van der Waals surface area contributed by atoms with Crippen molar-refractivity contribution in [1.29, 1.82) is 0 Å². The van der Waals surface area contributed by atoms with Gasteiger partial charge in [-0.25, -0.2) is 4.98 Å². The highest BCUT2D eigenvalue weighted by Gasteiger charge is 2.40. The molecule has 0 aliphatic carbocycles. The van der Waals surface area contributed by atoms with Gasteiger partial charge in [-0.2, -0.15) is 0 Å². The van der Waals surface area contributed by atoms with E-state index in [4.69, 9.17) is 4.98 Å². The van der Waals surface area contributed by atoms with Crippen molar-refractivity contribution in [2.75, 3.05) is 39.3 Å². The summed E-state index contributed by atoms with van der Waals surface area (Å²) in [6, 6.07) is 9.94. The second kappa shape index (κ2) is 13.5. The van der Waals surface area contributed by atoms with Crippen molar-refractivity contribution < 1.29 is 19.2 Å². The fourth-order valence-corrected chi connectivity index (χ4v) is 7.50. The number of piperidine rings is 2. The van der Waals surface area contributed by atoms with Gasteiger partial charge < -0.3 is 25.3 Å². The van der Waals surface area contributed by atoms with E-state index in [0.29, 0.717) is 38.5 Å². The van der Waals surface area contributed by atoms with E-state index in [1.807, 2.05) is 42.2 Å². The third-order valence-electron chi connectivity index (χ3n) is 9.16. The van der Waals surface area contributed by atoms with E-state index in [2.05, 4.69) is 29.4 Å². The summed E-state index contributed by atoms with van der Waals surface area (Å²) < 4.78 is 0. The normalized spacial score (nSPS) is 20.6. The fraction of sp³-hybridized carbons (Fsp3) is 0.594. The van der Waals surface area contributed by atoms with Gasteiger partial charge in [0.1, 0.15) is 13.1 Å². The number of aromatic nitrogens is 1. The zero-order chi connectivity index (χ0) is 30.6. The summed E-state index contributed by atoms with van der Waals surface area (Å²) in [5.41, 5.74) is 0.987. The first kappa shape index (κ1) is 31.1. The molecule has 2 fully saturated rings. The van der Waals surface area contributed by atoms with Crippen LogP contribution in [0.3, 0.4) is 0 Å². The van der Waals surface area contributed by atoms with Gasteiger partial charge in [-0.05, 0) is 52.0 Å². The highest BCUT2D eigenvalue weighted by Crippen LogP contribution is 2.34. The van der Waals surface area contributed by atoms with Gasteiger partial charge in [-0.1, -0.05) is 30.3 Å². The Kier molecular flexibility index (Phi) is 9.81. The first-order valence-corrected chi connectivity index (χ1v) is 16.3. The minimum atomic E-state index is -0.759. The van der Waals surface area contributed by atoms with Crippen molar-refractivity contribution in [3.05, 3.63) is 51.5 Å². The molecule has 11 heteroatoms. The van der Waals surface area contributed by atoms with Gasteiger partial charge in [0.05, 0.1) is 29.1 Å². The van der Waals surface area contributed by atoms with Crippen LogP contribution in [0, 0.1) is 6.92 Å². The molecule has 4 aliphatic heterocycles. The van der Waals surface area contributed by atoms with E-state index >= 15 is 0 Å². The minimum absolute atomic E-state index is 0.0350. The summed E-state index contributed by atoms with van der Waals surface area (Å²) in [7, 11) is 0. The SMILES string of the molecule is Cc1sc2nc1CC(=O)NC1(CCN(C(C)C)CC1)CC(=O)N(CC(=O)NCc1ccccc1)CC(=O)N1CCC2CC1. The average molecular weight is 609 g/mol. The lowest BCUT2D eigenvalue weighted by molar-refractivity contribution is -0.145. The third-order valence-corrected chi connectivity index (χ3v) is 10.3. The number of hydrogen-bond donors (Lipinski definition) is 2. The van der Waals surface area contributed by atoms with E-state index < -0.39 is 5.54 Å². The van der Waals surface area contributed by atoms with E-state index in [1.165, 1.54) is 4.90 Å². The third kappa shape index (κ3) is 7.80. The Morgan fingerprint density at radius 1 is 1.07 bits per heavy atom. The highest BCUT2D eigenvalue weighted by molar-refractivity contribution is 7.11. The number of amides is 4. The van der Waals surface area contributed by atoms with Crippen LogP contribution in [0.2, 0.25) is 0 Å². The van der Waals surface area contributed by atoms with Crippen molar-refractivity contribution >= 4 is 35.0 Å². The maximum atomic E-state index is 14.0. The number of rotatable bonds is 5. The maximum Gasteiger partial charge on any atom is 0.242 e. The molecule has 1 spiro atoms. The van der Waals surface area contributed by atoms with Crippen LogP contribution in [0.5, 0.6) is 0 Å². The number of nitrogens with one attached hydrogen (secondary N) is 2.